The van der Waals surface area contributed by atoms with Crippen molar-refractivity contribution in [2.75, 3.05) is 0 Å². The zero-order chi connectivity index (χ0) is 14.4. The molecule has 20 heavy (non-hydrogen) atoms. The number of carbonyl (C=O) groups excluding carboxylic acids is 1. The van der Waals surface area contributed by atoms with E-state index in [1.807, 2.05) is 4.68 Å². The smallest absolute Gasteiger partial charge is 0.241 e. The summed E-state index contributed by atoms with van der Waals surface area (Å²) in [6.07, 6.45) is 9.21. The highest BCUT2D eigenvalue weighted by Crippen LogP contribution is 2.17. The van der Waals surface area contributed by atoms with Crippen LogP contribution >= 0.6 is 0 Å². The summed E-state index contributed by atoms with van der Waals surface area (Å²) in [7, 11) is 0. The molecule has 2 rings (SSSR count). The minimum Gasteiger partial charge on any atom is -0.352 e. The Morgan fingerprint density at radius 1 is 1.25 bits per heavy atom. The van der Waals surface area contributed by atoms with Crippen molar-refractivity contribution in [1.29, 1.82) is 0 Å². The summed E-state index contributed by atoms with van der Waals surface area (Å²) in [5, 5.41) is 7.69. The zero-order valence-electron chi connectivity index (χ0n) is 12.8. The van der Waals surface area contributed by atoms with E-state index in [1.165, 1.54) is 25.7 Å². The Morgan fingerprint density at radius 3 is 2.55 bits per heavy atom. The van der Waals surface area contributed by atoms with E-state index in [-0.39, 0.29) is 5.91 Å². The SMILES string of the molecule is CCc1cc(CC)n(CC(=O)NC2CCCCCC2)n1. The van der Waals surface area contributed by atoms with Crippen LogP contribution in [0.5, 0.6) is 0 Å². The molecule has 0 radical (unpaired) electrons. The molecular weight excluding hydrogens is 250 g/mol. The fourth-order valence-corrected chi connectivity index (χ4v) is 2.94. The molecule has 0 unspecified atom stereocenters. The number of nitrogens with zero attached hydrogens (tertiary/aromatic N) is 2. The first-order valence-electron chi connectivity index (χ1n) is 8.07. The molecular formula is C16H27N3O. The minimum absolute atomic E-state index is 0.109. The summed E-state index contributed by atoms with van der Waals surface area (Å²) in [5.74, 6) is 0.109. The van der Waals surface area contributed by atoms with Crippen LogP contribution in [0.15, 0.2) is 6.07 Å². The molecule has 1 saturated carbocycles. The zero-order valence-corrected chi connectivity index (χ0v) is 12.8. The van der Waals surface area contributed by atoms with E-state index in [4.69, 9.17) is 0 Å². The molecule has 0 atom stereocenters. The number of rotatable bonds is 5. The lowest BCUT2D eigenvalue weighted by molar-refractivity contribution is -0.122. The molecule has 4 heteroatoms. The number of nitrogens with one attached hydrogen (secondary N) is 1. The maximum Gasteiger partial charge on any atom is 0.241 e. The van der Waals surface area contributed by atoms with Crippen LogP contribution in [0.1, 0.15) is 63.8 Å². The van der Waals surface area contributed by atoms with Gasteiger partial charge in [0.1, 0.15) is 6.54 Å². The van der Waals surface area contributed by atoms with Crippen LogP contribution in [-0.4, -0.2) is 21.7 Å². The third-order valence-electron chi connectivity index (χ3n) is 4.15. The summed E-state index contributed by atoms with van der Waals surface area (Å²) >= 11 is 0. The predicted molar refractivity (Wildman–Crippen MR) is 80.6 cm³/mol. The van der Waals surface area contributed by atoms with Gasteiger partial charge in [0.15, 0.2) is 0 Å². The van der Waals surface area contributed by atoms with Crippen LogP contribution in [0.2, 0.25) is 0 Å². The quantitative estimate of drug-likeness (QED) is 0.841. The van der Waals surface area contributed by atoms with Crippen molar-refractivity contribution in [3.05, 3.63) is 17.5 Å². The molecule has 1 fully saturated rings. The first-order valence-corrected chi connectivity index (χ1v) is 8.07. The summed E-state index contributed by atoms with van der Waals surface area (Å²) in [6, 6.07) is 2.48. The Kier molecular flexibility index (Phi) is 5.62. The highest BCUT2D eigenvalue weighted by molar-refractivity contribution is 5.76. The first-order chi connectivity index (χ1) is 9.72. The van der Waals surface area contributed by atoms with Gasteiger partial charge in [0.05, 0.1) is 5.69 Å². The van der Waals surface area contributed by atoms with E-state index in [2.05, 4.69) is 30.3 Å². The fraction of sp³-hybridized carbons (Fsp3) is 0.750. The maximum atomic E-state index is 12.2. The Bertz CT molecular complexity index is 431. The lowest BCUT2D eigenvalue weighted by atomic mass is 10.1. The third-order valence-corrected chi connectivity index (χ3v) is 4.15. The average Bonchev–Trinajstić information content (AvgIpc) is 2.65. The lowest BCUT2D eigenvalue weighted by Gasteiger charge is -2.16. The molecule has 4 nitrogen and oxygen atoms in total. The van der Waals surface area contributed by atoms with Crippen molar-refractivity contribution in [2.24, 2.45) is 0 Å². The molecule has 1 aliphatic carbocycles. The maximum absolute atomic E-state index is 12.2. The minimum atomic E-state index is 0.109. The fourth-order valence-electron chi connectivity index (χ4n) is 2.94. The van der Waals surface area contributed by atoms with Crippen molar-refractivity contribution in [3.8, 4) is 0 Å². The average molecular weight is 277 g/mol. The second-order valence-corrected chi connectivity index (χ2v) is 5.75. The lowest BCUT2D eigenvalue weighted by Crippen LogP contribution is -2.37. The molecule has 1 aromatic rings. The molecule has 1 N–H and O–H groups in total. The Morgan fingerprint density at radius 2 is 1.95 bits per heavy atom. The molecule has 0 saturated heterocycles. The van der Waals surface area contributed by atoms with Crippen molar-refractivity contribution >= 4 is 5.91 Å². The largest absolute Gasteiger partial charge is 0.352 e. The van der Waals surface area contributed by atoms with Gasteiger partial charge in [-0.3, -0.25) is 9.48 Å². The highest BCUT2D eigenvalue weighted by Gasteiger charge is 2.16. The van der Waals surface area contributed by atoms with Gasteiger partial charge < -0.3 is 5.32 Å². The van der Waals surface area contributed by atoms with E-state index in [0.717, 1.165) is 37.1 Å². The highest BCUT2D eigenvalue weighted by atomic mass is 16.2. The van der Waals surface area contributed by atoms with E-state index < -0.39 is 0 Å². The van der Waals surface area contributed by atoms with Crippen molar-refractivity contribution in [1.82, 2.24) is 15.1 Å². The van der Waals surface area contributed by atoms with Gasteiger partial charge in [-0.15, -0.1) is 0 Å². The normalized spacial score (nSPS) is 16.9. The molecule has 1 aromatic heterocycles. The van der Waals surface area contributed by atoms with Crippen LogP contribution in [-0.2, 0) is 24.2 Å². The Balaban J connectivity index is 1.91. The number of aromatic nitrogens is 2. The number of hydrogen-bond acceptors (Lipinski definition) is 2. The Labute approximate surface area is 121 Å². The number of hydrogen-bond donors (Lipinski definition) is 1. The van der Waals surface area contributed by atoms with Gasteiger partial charge in [-0.2, -0.15) is 5.10 Å². The molecule has 0 aliphatic heterocycles. The van der Waals surface area contributed by atoms with Gasteiger partial charge in [0.2, 0.25) is 5.91 Å². The van der Waals surface area contributed by atoms with Crippen LogP contribution in [0.25, 0.3) is 0 Å². The standard InChI is InChI=1S/C16H27N3O/c1-3-13-11-15(4-2)19(18-13)12-16(20)17-14-9-7-5-6-8-10-14/h11,14H,3-10,12H2,1-2H3,(H,17,20). The van der Waals surface area contributed by atoms with Crippen molar-refractivity contribution in [3.63, 3.8) is 0 Å². The summed E-state index contributed by atoms with van der Waals surface area (Å²) < 4.78 is 1.87. The van der Waals surface area contributed by atoms with Gasteiger partial charge >= 0.3 is 0 Å². The molecule has 0 spiro atoms. The first kappa shape index (κ1) is 15.1. The molecule has 0 bridgehead atoms. The molecule has 1 amide bonds. The van der Waals surface area contributed by atoms with E-state index in [0.29, 0.717) is 12.6 Å². The van der Waals surface area contributed by atoms with Crippen molar-refractivity contribution < 1.29 is 4.79 Å². The van der Waals surface area contributed by atoms with Crippen LogP contribution < -0.4 is 5.32 Å². The van der Waals surface area contributed by atoms with E-state index in [9.17, 15) is 4.79 Å². The number of amides is 1. The van der Waals surface area contributed by atoms with Gasteiger partial charge in [-0.05, 0) is 31.7 Å². The predicted octanol–water partition coefficient (Wildman–Crippen LogP) is 2.85. The summed E-state index contributed by atoms with van der Waals surface area (Å²) in [4.78, 5) is 12.2. The van der Waals surface area contributed by atoms with Gasteiger partial charge in [-0.1, -0.05) is 39.5 Å². The molecule has 1 heterocycles. The van der Waals surface area contributed by atoms with Crippen molar-refractivity contribution in [2.45, 2.75) is 77.8 Å². The van der Waals surface area contributed by atoms with E-state index in [1.54, 1.807) is 0 Å². The second-order valence-electron chi connectivity index (χ2n) is 5.75. The van der Waals surface area contributed by atoms with Gasteiger partial charge in [-0.25, -0.2) is 0 Å². The van der Waals surface area contributed by atoms with Gasteiger partial charge in [0.25, 0.3) is 0 Å². The van der Waals surface area contributed by atoms with Gasteiger partial charge in [0, 0.05) is 11.7 Å². The molecule has 112 valence electrons. The van der Waals surface area contributed by atoms with Crippen LogP contribution in [0, 0.1) is 0 Å². The third kappa shape index (κ3) is 4.09. The monoisotopic (exact) mass is 277 g/mol. The summed E-state index contributed by atoms with van der Waals surface area (Å²) in [6.45, 7) is 4.56. The Hall–Kier alpha value is -1.32. The van der Waals surface area contributed by atoms with E-state index >= 15 is 0 Å². The molecule has 1 aliphatic rings. The van der Waals surface area contributed by atoms with Crippen LogP contribution in [0.4, 0.5) is 0 Å². The number of aryl methyl sites for hydroxylation is 2. The summed E-state index contributed by atoms with van der Waals surface area (Å²) in [5.41, 5.74) is 2.22. The number of carbonyl (C=O) groups is 1. The van der Waals surface area contributed by atoms with Crippen LogP contribution in [0.3, 0.4) is 0 Å². The molecule has 0 aromatic carbocycles. The topological polar surface area (TPSA) is 46.9 Å². The second kappa shape index (κ2) is 7.46.